The zero-order chi connectivity index (χ0) is 12.8. The lowest BCUT2D eigenvalue weighted by Gasteiger charge is -2.03. The predicted octanol–water partition coefficient (Wildman–Crippen LogP) is 1.68. The van der Waals surface area contributed by atoms with Crippen LogP contribution in [-0.2, 0) is 4.79 Å². The van der Waals surface area contributed by atoms with E-state index in [9.17, 15) is 4.79 Å². The molecule has 0 unspecified atom stereocenters. The Kier molecular flexibility index (Phi) is 4.19. The van der Waals surface area contributed by atoms with E-state index in [4.69, 9.17) is 0 Å². The molecule has 2 rings (SSSR count). The van der Waals surface area contributed by atoms with E-state index in [2.05, 4.69) is 25.6 Å². The number of thiazole rings is 1. The van der Waals surface area contributed by atoms with E-state index in [0.717, 1.165) is 4.88 Å². The molecule has 7 heteroatoms. The quantitative estimate of drug-likeness (QED) is 0.858. The highest BCUT2D eigenvalue weighted by Crippen LogP contribution is 2.16. The molecule has 0 saturated carbocycles. The van der Waals surface area contributed by atoms with Crippen LogP contribution in [0, 0.1) is 6.92 Å². The van der Waals surface area contributed by atoms with Gasteiger partial charge in [-0.2, -0.15) is 0 Å². The lowest BCUT2D eigenvalue weighted by molar-refractivity contribution is -0.115. The molecule has 0 aliphatic heterocycles. The maximum atomic E-state index is 11.6. The summed E-state index contributed by atoms with van der Waals surface area (Å²) < 4.78 is 0. The van der Waals surface area contributed by atoms with Gasteiger partial charge in [0, 0.05) is 36.4 Å². The van der Waals surface area contributed by atoms with Gasteiger partial charge in [-0.25, -0.2) is 15.0 Å². The minimum Gasteiger partial charge on any atom is -0.354 e. The fourth-order valence-corrected chi connectivity index (χ4v) is 1.95. The maximum absolute atomic E-state index is 11.6. The third kappa shape index (κ3) is 3.77. The molecule has 0 bridgehead atoms. The van der Waals surface area contributed by atoms with Gasteiger partial charge in [0.25, 0.3) is 0 Å². The van der Waals surface area contributed by atoms with Gasteiger partial charge in [0.2, 0.25) is 11.9 Å². The molecule has 2 aromatic heterocycles. The van der Waals surface area contributed by atoms with Crippen LogP contribution < -0.4 is 10.6 Å². The summed E-state index contributed by atoms with van der Waals surface area (Å²) in [6.45, 7) is 2.43. The van der Waals surface area contributed by atoms with Crippen molar-refractivity contribution in [1.82, 2.24) is 15.0 Å². The molecule has 0 fully saturated rings. The Bertz CT molecular complexity index is 513. The van der Waals surface area contributed by atoms with E-state index in [1.807, 2.05) is 6.92 Å². The number of anilines is 2. The Hall–Kier alpha value is -2.02. The Labute approximate surface area is 109 Å². The van der Waals surface area contributed by atoms with Crippen LogP contribution in [0.5, 0.6) is 0 Å². The summed E-state index contributed by atoms with van der Waals surface area (Å²) in [6.07, 6.45) is 5.37. The highest BCUT2D eigenvalue weighted by Gasteiger charge is 2.05. The molecule has 1 amide bonds. The molecule has 0 atom stereocenters. The van der Waals surface area contributed by atoms with Crippen molar-refractivity contribution in [2.24, 2.45) is 0 Å². The minimum absolute atomic E-state index is 0.0761. The lowest BCUT2D eigenvalue weighted by atomic mass is 10.4. The molecule has 0 aromatic carbocycles. The van der Waals surface area contributed by atoms with Gasteiger partial charge in [0.15, 0.2) is 5.13 Å². The van der Waals surface area contributed by atoms with E-state index >= 15 is 0 Å². The van der Waals surface area contributed by atoms with Crippen molar-refractivity contribution < 1.29 is 4.79 Å². The van der Waals surface area contributed by atoms with Crippen molar-refractivity contribution in [2.45, 2.75) is 13.3 Å². The van der Waals surface area contributed by atoms with Gasteiger partial charge in [-0.3, -0.25) is 4.79 Å². The fraction of sp³-hybridized carbons (Fsp3) is 0.273. The Morgan fingerprint density at radius 1 is 1.33 bits per heavy atom. The van der Waals surface area contributed by atoms with Gasteiger partial charge in [-0.1, -0.05) is 0 Å². The van der Waals surface area contributed by atoms with Gasteiger partial charge in [0.05, 0.1) is 0 Å². The second-order valence-corrected chi connectivity index (χ2v) is 4.81. The molecule has 2 heterocycles. The van der Waals surface area contributed by atoms with Gasteiger partial charge in [-0.05, 0) is 13.0 Å². The number of rotatable bonds is 5. The number of hydrogen-bond donors (Lipinski definition) is 2. The smallest absolute Gasteiger partial charge is 0.227 e. The molecule has 0 radical (unpaired) electrons. The molecule has 6 nitrogen and oxygen atoms in total. The SMILES string of the molecule is Cc1cnc(NC(=O)CCNc2ncccn2)s1. The third-order valence-electron chi connectivity index (χ3n) is 2.07. The van der Waals surface area contributed by atoms with Crippen LogP contribution in [-0.4, -0.2) is 27.4 Å². The molecule has 0 saturated heterocycles. The highest BCUT2D eigenvalue weighted by atomic mass is 32.1. The zero-order valence-electron chi connectivity index (χ0n) is 9.88. The van der Waals surface area contributed by atoms with Gasteiger partial charge < -0.3 is 10.6 Å². The third-order valence-corrected chi connectivity index (χ3v) is 2.90. The Morgan fingerprint density at radius 3 is 2.78 bits per heavy atom. The second kappa shape index (κ2) is 6.06. The van der Waals surface area contributed by atoms with Crippen LogP contribution in [0.3, 0.4) is 0 Å². The first kappa shape index (κ1) is 12.4. The molecule has 0 aliphatic rings. The van der Waals surface area contributed by atoms with Crippen LogP contribution in [0.25, 0.3) is 0 Å². The van der Waals surface area contributed by atoms with Crippen molar-refractivity contribution in [2.75, 3.05) is 17.2 Å². The molecule has 0 spiro atoms. The zero-order valence-corrected chi connectivity index (χ0v) is 10.7. The molecular weight excluding hydrogens is 250 g/mol. The summed E-state index contributed by atoms with van der Waals surface area (Å²) in [5.41, 5.74) is 0. The normalized spacial score (nSPS) is 10.1. The summed E-state index contributed by atoms with van der Waals surface area (Å²) in [6, 6.07) is 1.74. The molecule has 0 aliphatic carbocycles. The first-order chi connectivity index (χ1) is 8.74. The van der Waals surface area contributed by atoms with Crippen molar-refractivity contribution in [3.05, 3.63) is 29.5 Å². The molecule has 94 valence electrons. The van der Waals surface area contributed by atoms with Crippen molar-refractivity contribution in [1.29, 1.82) is 0 Å². The number of carbonyl (C=O) groups is 1. The van der Waals surface area contributed by atoms with Crippen molar-refractivity contribution in [3.8, 4) is 0 Å². The summed E-state index contributed by atoms with van der Waals surface area (Å²) in [7, 11) is 0. The largest absolute Gasteiger partial charge is 0.354 e. The van der Waals surface area contributed by atoms with E-state index in [0.29, 0.717) is 24.0 Å². The highest BCUT2D eigenvalue weighted by molar-refractivity contribution is 7.15. The average Bonchev–Trinajstić information content (AvgIpc) is 2.76. The summed E-state index contributed by atoms with van der Waals surface area (Å²) in [4.78, 5) is 24.7. The number of aromatic nitrogens is 3. The van der Waals surface area contributed by atoms with Crippen LogP contribution in [0.4, 0.5) is 11.1 Å². The maximum Gasteiger partial charge on any atom is 0.227 e. The average molecular weight is 263 g/mol. The number of amides is 1. The van der Waals surface area contributed by atoms with Crippen molar-refractivity contribution in [3.63, 3.8) is 0 Å². The molecule has 18 heavy (non-hydrogen) atoms. The van der Waals surface area contributed by atoms with E-state index in [1.165, 1.54) is 11.3 Å². The van der Waals surface area contributed by atoms with Crippen LogP contribution in [0.15, 0.2) is 24.7 Å². The van der Waals surface area contributed by atoms with Crippen LogP contribution in [0.2, 0.25) is 0 Å². The number of hydrogen-bond acceptors (Lipinski definition) is 6. The summed E-state index contributed by atoms with van der Waals surface area (Å²) in [5.74, 6) is 0.447. The summed E-state index contributed by atoms with van der Waals surface area (Å²) >= 11 is 1.46. The first-order valence-corrected chi connectivity index (χ1v) is 6.29. The van der Waals surface area contributed by atoms with E-state index in [1.54, 1.807) is 24.7 Å². The Morgan fingerprint density at radius 2 is 2.11 bits per heavy atom. The molecule has 2 aromatic rings. The van der Waals surface area contributed by atoms with Gasteiger partial charge >= 0.3 is 0 Å². The lowest BCUT2D eigenvalue weighted by Crippen LogP contribution is -2.16. The fourth-order valence-electron chi connectivity index (χ4n) is 1.27. The van der Waals surface area contributed by atoms with Gasteiger partial charge in [-0.15, -0.1) is 11.3 Å². The predicted molar refractivity (Wildman–Crippen MR) is 70.6 cm³/mol. The van der Waals surface area contributed by atoms with E-state index < -0.39 is 0 Å². The Balaban J connectivity index is 1.72. The van der Waals surface area contributed by atoms with E-state index in [-0.39, 0.29) is 5.91 Å². The van der Waals surface area contributed by atoms with Crippen LogP contribution >= 0.6 is 11.3 Å². The number of nitrogens with zero attached hydrogens (tertiary/aromatic N) is 3. The minimum atomic E-state index is -0.0761. The molecular formula is C11H13N5OS. The van der Waals surface area contributed by atoms with Crippen molar-refractivity contribution >= 4 is 28.3 Å². The number of carbonyl (C=O) groups excluding carboxylic acids is 1. The topological polar surface area (TPSA) is 79.8 Å². The standard InChI is InChI=1S/C11H13N5OS/c1-8-7-15-11(18-8)16-9(17)3-6-14-10-12-4-2-5-13-10/h2,4-5,7H,3,6H2,1H3,(H,12,13,14)(H,15,16,17). The monoisotopic (exact) mass is 263 g/mol. The van der Waals surface area contributed by atoms with Gasteiger partial charge in [0.1, 0.15) is 0 Å². The number of nitrogens with one attached hydrogen (secondary N) is 2. The summed E-state index contributed by atoms with van der Waals surface area (Å²) in [5, 5.41) is 6.34. The molecule has 2 N–H and O–H groups in total. The second-order valence-electron chi connectivity index (χ2n) is 3.57. The van der Waals surface area contributed by atoms with Crippen LogP contribution in [0.1, 0.15) is 11.3 Å². The first-order valence-electron chi connectivity index (χ1n) is 5.47. The number of aryl methyl sites for hydroxylation is 1.